The third-order valence-corrected chi connectivity index (χ3v) is 1.78. The van der Waals surface area contributed by atoms with Crippen LogP contribution in [0, 0.1) is 5.92 Å². The maximum Gasteiger partial charge on any atom is 0.310 e. The molecular formula is C6H11NO3. The summed E-state index contributed by atoms with van der Waals surface area (Å²) in [6.45, 7) is 1.17. The first-order chi connectivity index (χ1) is 4.75. The highest BCUT2D eigenvalue weighted by Gasteiger charge is 2.32. The zero-order chi connectivity index (χ0) is 7.56. The number of hydrogen-bond donors (Lipinski definition) is 2. The van der Waals surface area contributed by atoms with Gasteiger partial charge in [0.15, 0.2) is 0 Å². The van der Waals surface area contributed by atoms with Gasteiger partial charge in [0.2, 0.25) is 0 Å². The number of rotatable bonds is 2. The van der Waals surface area contributed by atoms with Gasteiger partial charge < -0.3 is 15.2 Å². The van der Waals surface area contributed by atoms with Crippen LogP contribution in [0.15, 0.2) is 0 Å². The fourth-order valence-electron chi connectivity index (χ4n) is 1.15. The molecule has 1 aliphatic rings. The molecule has 1 aliphatic heterocycles. The van der Waals surface area contributed by atoms with Crippen molar-refractivity contribution in [2.45, 2.75) is 6.10 Å². The first-order valence-corrected chi connectivity index (χ1v) is 3.22. The van der Waals surface area contributed by atoms with Gasteiger partial charge in [0.05, 0.1) is 12.0 Å². The second-order valence-electron chi connectivity index (χ2n) is 2.38. The van der Waals surface area contributed by atoms with E-state index in [0.29, 0.717) is 13.1 Å². The molecule has 1 rings (SSSR count). The number of carbonyl (C=O) groups is 1. The minimum atomic E-state index is -0.781. The van der Waals surface area contributed by atoms with E-state index in [1.54, 1.807) is 0 Å². The summed E-state index contributed by atoms with van der Waals surface area (Å²) in [5.74, 6) is -1.15. The van der Waals surface area contributed by atoms with Gasteiger partial charge in [-0.1, -0.05) is 0 Å². The van der Waals surface area contributed by atoms with E-state index in [2.05, 4.69) is 5.32 Å². The highest BCUT2D eigenvalue weighted by atomic mass is 16.5. The highest BCUT2D eigenvalue weighted by Crippen LogP contribution is 2.11. The van der Waals surface area contributed by atoms with Crippen molar-refractivity contribution >= 4 is 5.97 Å². The Morgan fingerprint density at radius 2 is 2.40 bits per heavy atom. The summed E-state index contributed by atoms with van der Waals surface area (Å²) in [5, 5.41) is 11.5. The summed E-state index contributed by atoms with van der Waals surface area (Å²) >= 11 is 0. The lowest BCUT2D eigenvalue weighted by atomic mass is 10.1. The van der Waals surface area contributed by atoms with E-state index in [9.17, 15) is 4.79 Å². The second kappa shape index (κ2) is 2.98. The third-order valence-electron chi connectivity index (χ3n) is 1.78. The lowest BCUT2D eigenvalue weighted by Gasteiger charge is -2.11. The van der Waals surface area contributed by atoms with Crippen molar-refractivity contribution in [3.8, 4) is 0 Å². The number of hydrogen-bond acceptors (Lipinski definition) is 3. The zero-order valence-electron chi connectivity index (χ0n) is 5.83. The minimum Gasteiger partial charge on any atom is -0.481 e. The maximum atomic E-state index is 10.5. The van der Waals surface area contributed by atoms with Crippen LogP contribution in [0.4, 0.5) is 0 Å². The van der Waals surface area contributed by atoms with Crippen LogP contribution in [-0.4, -0.2) is 37.4 Å². The molecule has 0 aromatic heterocycles. The van der Waals surface area contributed by atoms with Gasteiger partial charge in [-0.3, -0.25) is 4.79 Å². The van der Waals surface area contributed by atoms with E-state index in [1.165, 1.54) is 7.11 Å². The van der Waals surface area contributed by atoms with Gasteiger partial charge in [-0.05, 0) is 0 Å². The van der Waals surface area contributed by atoms with Crippen molar-refractivity contribution in [3.63, 3.8) is 0 Å². The van der Waals surface area contributed by atoms with Crippen LogP contribution < -0.4 is 5.32 Å². The molecular weight excluding hydrogens is 134 g/mol. The smallest absolute Gasteiger partial charge is 0.310 e. The molecule has 0 saturated carbocycles. The van der Waals surface area contributed by atoms with Crippen molar-refractivity contribution < 1.29 is 14.6 Å². The molecule has 0 aromatic rings. The predicted molar refractivity (Wildman–Crippen MR) is 34.8 cm³/mol. The Kier molecular flexibility index (Phi) is 2.24. The molecule has 0 bridgehead atoms. The summed E-state index contributed by atoms with van der Waals surface area (Å²) in [7, 11) is 1.54. The molecule has 2 N–H and O–H groups in total. The fourth-order valence-corrected chi connectivity index (χ4v) is 1.15. The van der Waals surface area contributed by atoms with Gasteiger partial charge >= 0.3 is 5.97 Å². The Morgan fingerprint density at radius 3 is 2.80 bits per heavy atom. The first kappa shape index (κ1) is 7.50. The highest BCUT2D eigenvalue weighted by molar-refractivity contribution is 5.71. The predicted octanol–water partition coefficient (Wildman–Crippen LogP) is -0.695. The molecule has 2 atom stereocenters. The average Bonchev–Trinajstić information content (AvgIpc) is 2.33. The van der Waals surface area contributed by atoms with Crippen molar-refractivity contribution in [2.24, 2.45) is 5.92 Å². The monoisotopic (exact) mass is 145 g/mol. The van der Waals surface area contributed by atoms with E-state index in [4.69, 9.17) is 9.84 Å². The second-order valence-corrected chi connectivity index (χ2v) is 2.38. The zero-order valence-corrected chi connectivity index (χ0v) is 5.83. The summed E-state index contributed by atoms with van der Waals surface area (Å²) in [5.41, 5.74) is 0. The summed E-state index contributed by atoms with van der Waals surface area (Å²) < 4.78 is 4.94. The Labute approximate surface area is 59.2 Å². The molecule has 1 saturated heterocycles. The van der Waals surface area contributed by atoms with Gasteiger partial charge in [0.1, 0.15) is 0 Å². The maximum absolute atomic E-state index is 10.5. The largest absolute Gasteiger partial charge is 0.481 e. The normalized spacial score (nSPS) is 32.5. The lowest BCUT2D eigenvalue weighted by molar-refractivity contribution is -0.144. The van der Waals surface area contributed by atoms with Crippen molar-refractivity contribution in [1.82, 2.24) is 5.32 Å². The van der Waals surface area contributed by atoms with E-state index in [0.717, 1.165) is 0 Å². The molecule has 58 valence electrons. The van der Waals surface area contributed by atoms with E-state index in [-0.39, 0.29) is 12.0 Å². The van der Waals surface area contributed by atoms with E-state index in [1.807, 2.05) is 0 Å². The van der Waals surface area contributed by atoms with Crippen molar-refractivity contribution in [1.29, 1.82) is 0 Å². The third kappa shape index (κ3) is 1.27. The number of nitrogens with one attached hydrogen (secondary N) is 1. The van der Waals surface area contributed by atoms with Crippen molar-refractivity contribution in [3.05, 3.63) is 0 Å². The van der Waals surface area contributed by atoms with Crippen molar-refractivity contribution in [2.75, 3.05) is 20.2 Å². The molecule has 4 nitrogen and oxygen atoms in total. The lowest BCUT2D eigenvalue weighted by Crippen LogP contribution is -2.27. The molecule has 10 heavy (non-hydrogen) atoms. The van der Waals surface area contributed by atoms with E-state index >= 15 is 0 Å². The Hall–Kier alpha value is -0.610. The van der Waals surface area contributed by atoms with Crippen LogP contribution in [0.2, 0.25) is 0 Å². The van der Waals surface area contributed by atoms with Crippen LogP contribution in [0.5, 0.6) is 0 Å². The van der Waals surface area contributed by atoms with Gasteiger partial charge in [-0.2, -0.15) is 0 Å². The van der Waals surface area contributed by atoms with Gasteiger partial charge in [-0.15, -0.1) is 0 Å². The molecule has 0 aromatic carbocycles. The van der Waals surface area contributed by atoms with Crippen LogP contribution in [0.25, 0.3) is 0 Å². The summed E-state index contributed by atoms with van der Waals surface area (Å²) in [4.78, 5) is 10.5. The Bertz CT molecular complexity index is 137. The average molecular weight is 145 g/mol. The van der Waals surface area contributed by atoms with Crippen LogP contribution in [0.1, 0.15) is 0 Å². The molecule has 0 aliphatic carbocycles. The number of methoxy groups -OCH3 is 1. The standard InChI is InChI=1S/C6H11NO3/c1-10-5-3-7-2-4(5)6(8)9/h4-5,7H,2-3H2,1H3,(H,8,9)/t4-,5+/m0/s1. The molecule has 0 radical (unpaired) electrons. The van der Waals surface area contributed by atoms with Gasteiger partial charge in [-0.25, -0.2) is 0 Å². The molecule has 1 fully saturated rings. The fraction of sp³-hybridized carbons (Fsp3) is 0.833. The van der Waals surface area contributed by atoms with Crippen LogP contribution >= 0.6 is 0 Å². The molecule has 4 heteroatoms. The van der Waals surface area contributed by atoms with Gasteiger partial charge in [0, 0.05) is 20.2 Å². The number of ether oxygens (including phenoxy) is 1. The number of carboxylic acids is 1. The van der Waals surface area contributed by atoms with E-state index < -0.39 is 5.97 Å². The van der Waals surface area contributed by atoms with Crippen LogP contribution in [-0.2, 0) is 9.53 Å². The summed E-state index contributed by atoms with van der Waals surface area (Å²) in [6.07, 6.45) is -0.155. The quantitative estimate of drug-likeness (QED) is 0.539. The number of carboxylic acid groups (broad SMARTS) is 1. The topological polar surface area (TPSA) is 58.6 Å². The minimum absolute atomic E-state index is 0.155. The number of aliphatic carboxylic acids is 1. The Balaban J connectivity index is 2.50. The molecule has 1 heterocycles. The SMILES string of the molecule is CO[C@@H]1CNC[C@@H]1C(=O)O. The first-order valence-electron chi connectivity index (χ1n) is 3.22. The molecule has 0 unspecified atom stereocenters. The summed E-state index contributed by atoms with van der Waals surface area (Å²) in [6, 6.07) is 0. The molecule has 0 amide bonds. The van der Waals surface area contributed by atoms with Crippen LogP contribution in [0.3, 0.4) is 0 Å². The molecule has 0 spiro atoms. The Morgan fingerprint density at radius 1 is 1.70 bits per heavy atom. The van der Waals surface area contributed by atoms with Gasteiger partial charge in [0.25, 0.3) is 0 Å².